The summed E-state index contributed by atoms with van der Waals surface area (Å²) in [5, 5.41) is 12.8. The lowest BCUT2D eigenvalue weighted by Gasteiger charge is -2.29. The molecule has 9 heteroatoms. The number of para-hydroxylation sites is 1. The first kappa shape index (κ1) is 24.3. The third kappa shape index (κ3) is 5.45. The number of imidazole rings is 1. The van der Waals surface area contributed by atoms with Crippen LogP contribution in [0.5, 0.6) is 0 Å². The van der Waals surface area contributed by atoms with E-state index in [0.717, 1.165) is 12.8 Å². The van der Waals surface area contributed by atoms with E-state index in [0.29, 0.717) is 36.1 Å². The van der Waals surface area contributed by atoms with E-state index in [1.165, 1.54) is 6.07 Å². The molecule has 35 heavy (non-hydrogen) atoms. The molecule has 3 aromatic rings. The number of nitrogens with one attached hydrogen (secondary N) is 1. The lowest BCUT2D eigenvalue weighted by molar-refractivity contribution is 0.0237. The zero-order valence-corrected chi connectivity index (χ0v) is 20.2. The van der Waals surface area contributed by atoms with Gasteiger partial charge in [-0.15, -0.1) is 0 Å². The second kappa shape index (κ2) is 9.77. The summed E-state index contributed by atoms with van der Waals surface area (Å²) in [6.45, 7) is 6.30. The summed E-state index contributed by atoms with van der Waals surface area (Å²) in [6, 6.07) is 13.3. The van der Waals surface area contributed by atoms with Crippen molar-refractivity contribution in [1.82, 2.24) is 14.5 Å². The zero-order chi connectivity index (χ0) is 25.2. The number of ether oxygens (including phenoxy) is 1. The van der Waals surface area contributed by atoms with Gasteiger partial charge in [0.05, 0.1) is 22.6 Å². The maximum Gasteiger partial charge on any atom is 0.410 e. The minimum atomic E-state index is -1.09. The molecular formula is C26H30N4O5. The SMILES string of the molecule is CC(C)(C)OC(=O)N1CCCCC(n2c(NC(=O)c3ccccc3)nc3cccc(C(=O)O)c32)C1. The van der Waals surface area contributed by atoms with Gasteiger partial charge in [-0.05, 0) is 64.3 Å². The Labute approximate surface area is 203 Å². The van der Waals surface area contributed by atoms with E-state index in [-0.39, 0.29) is 23.5 Å². The number of aromatic carboxylic acids is 1. The van der Waals surface area contributed by atoms with Gasteiger partial charge in [0.25, 0.3) is 5.91 Å². The van der Waals surface area contributed by atoms with Crippen molar-refractivity contribution in [3.63, 3.8) is 0 Å². The van der Waals surface area contributed by atoms with E-state index in [2.05, 4.69) is 10.3 Å². The molecular weight excluding hydrogens is 448 g/mol. The summed E-state index contributed by atoms with van der Waals surface area (Å²) in [5.41, 5.74) is 0.788. The number of aromatic nitrogens is 2. The highest BCUT2D eigenvalue weighted by atomic mass is 16.6. The lowest BCUT2D eigenvalue weighted by atomic mass is 10.1. The van der Waals surface area contributed by atoms with Crippen molar-refractivity contribution < 1.29 is 24.2 Å². The highest BCUT2D eigenvalue weighted by Crippen LogP contribution is 2.32. The Balaban J connectivity index is 1.77. The number of carboxylic acid groups (broad SMARTS) is 1. The maximum atomic E-state index is 13.0. The number of amides is 2. The second-order valence-corrected chi connectivity index (χ2v) is 9.68. The van der Waals surface area contributed by atoms with Crippen molar-refractivity contribution in [2.45, 2.75) is 51.7 Å². The molecule has 2 heterocycles. The van der Waals surface area contributed by atoms with Gasteiger partial charge in [-0.3, -0.25) is 10.1 Å². The molecule has 1 atom stereocenters. The normalized spacial score (nSPS) is 16.5. The maximum absolute atomic E-state index is 13.0. The van der Waals surface area contributed by atoms with E-state index in [1.807, 2.05) is 26.8 Å². The van der Waals surface area contributed by atoms with Gasteiger partial charge < -0.3 is 19.3 Å². The van der Waals surface area contributed by atoms with E-state index < -0.39 is 17.7 Å². The third-order valence-electron chi connectivity index (χ3n) is 5.87. The molecule has 2 N–H and O–H groups in total. The molecule has 184 valence electrons. The molecule has 1 aromatic heterocycles. The van der Waals surface area contributed by atoms with E-state index in [1.54, 1.807) is 45.9 Å². The van der Waals surface area contributed by atoms with Crippen LogP contribution in [0.15, 0.2) is 48.5 Å². The van der Waals surface area contributed by atoms with Gasteiger partial charge in [0.15, 0.2) is 0 Å². The van der Waals surface area contributed by atoms with E-state index in [4.69, 9.17) is 4.74 Å². The number of nitrogens with zero attached hydrogens (tertiary/aromatic N) is 3. The first-order chi connectivity index (χ1) is 16.6. The molecule has 2 amide bonds. The van der Waals surface area contributed by atoms with Gasteiger partial charge >= 0.3 is 12.1 Å². The Bertz CT molecular complexity index is 1250. The number of carboxylic acids is 1. The number of fused-ring (bicyclic) bond motifs is 1. The average Bonchev–Trinajstić information content (AvgIpc) is 2.98. The highest BCUT2D eigenvalue weighted by Gasteiger charge is 2.31. The first-order valence-electron chi connectivity index (χ1n) is 11.7. The molecule has 9 nitrogen and oxygen atoms in total. The quantitative estimate of drug-likeness (QED) is 0.549. The molecule has 0 saturated carbocycles. The molecule has 1 aliphatic heterocycles. The van der Waals surface area contributed by atoms with Crippen LogP contribution in [0.2, 0.25) is 0 Å². The molecule has 4 rings (SSSR count). The molecule has 0 bridgehead atoms. The van der Waals surface area contributed by atoms with Crippen LogP contribution >= 0.6 is 0 Å². The highest BCUT2D eigenvalue weighted by molar-refractivity contribution is 6.06. The molecule has 0 aliphatic carbocycles. The van der Waals surface area contributed by atoms with Crippen molar-refractivity contribution >= 4 is 35.0 Å². The summed E-state index contributed by atoms with van der Waals surface area (Å²) in [6.07, 6.45) is 1.89. The number of anilines is 1. The number of rotatable bonds is 4. The second-order valence-electron chi connectivity index (χ2n) is 9.68. The Morgan fingerprint density at radius 1 is 1.06 bits per heavy atom. The topological polar surface area (TPSA) is 114 Å². The molecule has 1 fully saturated rings. The van der Waals surface area contributed by atoms with E-state index >= 15 is 0 Å². The number of likely N-dealkylation sites (tertiary alicyclic amines) is 1. The monoisotopic (exact) mass is 478 g/mol. The minimum Gasteiger partial charge on any atom is -0.478 e. The summed E-state index contributed by atoms with van der Waals surface area (Å²) in [7, 11) is 0. The molecule has 1 unspecified atom stereocenters. The summed E-state index contributed by atoms with van der Waals surface area (Å²) >= 11 is 0. The molecule has 0 radical (unpaired) electrons. The van der Waals surface area contributed by atoms with Gasteiger partial charge in [-0.1, -0.05) is 24.3 Å². The van der Waals surface area contributed by atoms with Gasteiger partial charge in [0.1, 0.15) is 5.60 Å². The molecule has 1 aliphatic rings. The van der Waals surface area contributed by atoms with Crippen LogP contribution < -0.4 is 5.32 Å². The van der Waals surface area contributed by atoms with Crippen molar-refractivity contribution in [2.75, 3.05) is 18.4 Å². The molecule has 0 spiro atoms. The minimum absolute atomic E-state index is 0.0864. The predicted molar refractivity (Wildman–Crippen MR) is 132 cm³/mol. The smallest absolute Gasteiger partial charge is 0.410 e. The third-order valence-corrected chi connectivity index (χ3v) is 5.87. The fourth-order valence-corrected chi connectivity index (χ4v) is 4.35. The summed E-state index contributed by atoms with van der Waals surface area (Å²) in [4.78, 5) is 44.2. The number of hydrogen-bond donors (Lipinski definition) is 2. The Morgan fingerprint density at radius 2 is 1.80 bits per heavy atom. The van der Waals surface area contributed by atoms with Gasteiger partial charge in [-0.2, -0.15) is 0 Å². The van der Waals surface area contributed by atoms with Gasteiger partial charge in [0, 0.05) is 18.7 Å². The van der Waals surface area contributed by atoms with Crippen LogP contribution in [0.3, 0.4) is 0 Å². The largest absolute Gasteiger partial charge is 0.478 e. The van der Waals surface area contributed by atoms with Gasteiger partial charge in [0.2, 0.25) is 5.95 Å². The first-order valence-corrected chi connectivity index (χ1v) is 11.7. The van der Waals surface area contributed by atoms with E-state index in [9.17, 15) is 19.5 Å². The van der Waals surface area contributed by atoms with Crippen LogP contribution in [0.1, 0.15) is 66.8 Å². The van der Waals surface area contributed by atoms with Crippen molar-refractivity contribution in [3.05, 3.63) is 59.7 Å². The Morgan fingerprint density at radius 3 is 2.49 bits per heavy atom. The van der Waals surface area contributed by atoms with Crippen LogP contribution in [-0.4, -0.2) is 56.2 Å². The number of hydrogen-bond acceptors (Lipinski definition) is 5. The van der Waals surface area contributed by atoms with Crippen LogP contribution in [0.25, 0.3) is 11.0 Å². The Kier molecular flexibility index (Phi) is 6.77. The predicted octanol–water partition coefficient (Wildman–Crippen LogP) is 4.95. The standard InChI is InChI=1S/C26H30N4O5/c1-26(2,3)35-25(34)29-15-8-7-12-18(16-29)30-21-19(23(32)33)13-9-14-20(21)27-24(30)28-22(31)17-10-5-4-6-11-17/h4-6,9-11,13-14,18H,7-8,12,15-16H2,1-3H3,(H,32,33)(H,27,28,31). The Hall–Kier alpha value is -3.88. The fraction of sp³-hybridized carbons (Fsp3) is 0.385. The zero-order valence-electron chi connectivity index (χ0n) is 20.2. The summed E-state index contributed by atoms with van der Waals surface area (Å²) < 4.78 is 7.36. The van der Waals surface area contributed by atoms with Gasteiger partial charge in [-0.25, -0.2) is 14.6 Å². The fourth-order valence-electron chi connectivity index (χ4n) is 4.35. The van der Waals surface area contributed by atoms with Crippen molar-refractivity contribution in [3.8, 4) is 0 Å². The van der Waals surface area contributed by atoms with Crippen LogP contribution in [-0.2, 0) is 4.74 Å². The lowest BCUT2D eigenvalue weighted by Crippen LogP contribution is -2.39. The average molecular weight is 479 g/mol. The molecule has 2 aromatic carbocycles. The van der Waals surface area contributed by atoms with Crippen LogP contribution in [0.4, 0.5) is 10.7 Å². The summed E-state index contributed by atoms with van der Waals surface area (Å²) in [5.74, 6) is -1.19. The van der Waals surface area contributed by atoms with Crippen molar-refractivity contribution in [1.29, 1.82) is 0 Å². The number of benzene rings is 2. The molecule has 1 saturated heterocycles. The van der Waals surface area contributed by atoms with Crippen LogP contribution in [0, 0.1) is 0 Å². The number of carbonyl (C=O) groups excluding carboxylic acids is 2. The number of carbonyl (C=O) groups is 3. The van der Waals surface area contributed by atoms with Crippen molar-refractivity contribution in [2.24, 2.45) is 0 Å².